The molecule has 1 atom stereocenters. The third-order valence-electron chi connectivity index (χ3n) is 1.67. The van der Waals surface area contributed by atoms with Gasteiger partial charge in [0.1, 0.15) is 0 Å². The van der Waals surface area contributed by atoms with Gasteiger partial charge in [-0.25, -0.2) is 0 Å². The Morgan fingerprint density at radius 1 is 1.50 bits per heavy atom. The van der Waals surface area contributed by atoms with Gasteiger partial charge in [0.05, 0.1) is 6.61 Å². The van der Waals surface area contributed by atoms with E-state index in [1.54, 1.807) is 0 Å². The highest BCUT2D eigenvalue weighted by atomic mass is 32.2. The highest BCUT2D eigenvalue weighted by molar-refractivity contribution is 8.00. The second kappa shape index (κ2) is 4.80. The van der Waals surface area contributed by atoms with Crippen molar-refractivity contribution in [2.75, 3.05) is 12.4 Å². The van der Waals surface area contributed by atoms with Crippen LogP contribution in [0.3, 0.4) is 0 Å². The Bertz CT molecular complexity index is 106. The minimum Gasteiger partial charge on any atom is -0.392 e. The Kier molecular flexibility index (Phi) is 3.91. The van der Waals surface area contributed by atoms with E-state index in [-0.39, 0.29) is 6.61 Å². The summed E-state index contributed by atoms with van der Waals surface area (Å²) in [6.45, 7) is 0.192. The van der Waals surface area contributed by atoms with Crippen LogP contribution in [0.4, 0.5) is 0 Å². The van der Waals surface area contributed by atoms with Crippen molar-refractivity contribution in [1.29, 1.82) is 0 Å². The fourth-order valence-electron chi connectivity index (χ4n) is 1.13. The minimum absolute atomic E-state index is 0.192. The number of thioether (sulfide) groups is 1. The monoisotopic (exact) mass is 158 g/mol. The zero-order chi connectivity index (χ0) is 7.23. The molecule has 2 heteroatoms. The summed E-state index contributed by atoms with van der Waals surface area (Å²) in [5.74, 6) is 1.29. The van der Waals surface area contributed by atoms with E-state index in [0.717, 1.165) is 0 Å². The molecular formula is C8H14OS. The van der Waals surface area contributed by atoms with Crippen molar-refractivity contribution in [2.24, 2.45) is 0 Å². The van der Waals surface area contributed by atoms with E-state index in [4.69, 9.17) is 5.11 Å². The fourth-order valence-corrected chi connectivity index (χ4v) is 2.36. The van der Waals surface area contributed by atoms with Gasteiger partial charge in [-0.05, 0) is 18.6 Å². The maximum atomic E-state index is 8.50. The summed E-state index contributed by atoms with van der Waals surface area (Å²) in [7, 11) is 0. The SMILES string of the molecule is OC/C=C\C1CCCCS1. The van der Waals surface area contributed by atoms with E-state index in [1.165, 1.54) is 25.0 Å². The van der Waals surface area contributed by atoms with Gasteiger partial charge in [0, 0.05) is 5.25 Å². The maximum absolute atomic E-state index is 8.50. The zero-order valence-corrected chi connectivity index (χ0v) is 6.94. The molecule has 1 aliphatic heterocycles. The van der Waals surface area contributed by atoms with Crippen molar-refractivity contribution >= 4 is 11.8 Å². The molecule has 1 N–H and O–H groups in total. The van der Waals surface area contributed by atoms with E-state index in [2.05, 4.69) is 6.08 Å². The molecule has 1 rings (SSSR count). The van der Waals surface area contributed by atoms with E-state index < -0.39 is 0 Å². The first-order valence-corrected chi connectivity index (χ1v) is 4.87. The quantitative estimate of drug-likeness (QED) is 0.619. The molecule has 0 aromatic rings. The van der Waals surface area contributed by atoms with Crippen molar-refractivity contribution < 1.29 is 5.11 Å². The average Bonchev–Trinajstić information content (AvgIpc) is 2.03. The topological polar surface area (TPSA) is 20.2 Å². The predicted molar refractivity (Wildman–Crippen MR) is 46.3 cm³/mol. The Morgan fingerprint density at radius 2 is 2.40 bits per heavy atom. The van der Waals surface area contributed by atoms with Crippen LogP contribution in [0.1, 0.15) is 19.3 Å². The Morgan fingerprint density at radius 3 is 3.00 bits per heavy atom. The molecule has 0 amide bonds. The Labute approximate surface area is 66.5 Å². The van der Waals surface area contributed by atoms with Crippen LogP contribution in [-0.4, -0.2) is 22.7 Å². The molecule has 1 fully saturated rings. The first-order chi connectivity index (χ1) is 4.93. The highest BCUT2D eigenvalue weighted by Crippen LogP contribution is 2.25. The molecule has 1 nitrogen and oxygen atoms in total. The molecule has 0 aromatic heterocycles. The summed E-state index contributed by atoms with van der Waals surface area (Å²) in [5.41, 5.74) is 0. The molecule has 0 bridgehead atoms. The molecule has 10 heavy (non-hydrogen) atoms. The van der Waals surface area contributed by atoms with Crippen molar-refractivity contribution in [1.82, 2.24) is 0 Å². The summed E-state index contributed by atoms with van der Waals surface area (Å²) < 4.78 is 0. The molecule has 1 unspecified atom stereocenters. The average molecular weight is 158 g/mol. The summed E-state index contributed by atoms with van der Waals surface area (Å²) in [6, 6.07) is 0. The molecule has 0 saturated carbocycles. The summed E-state index contributed by atoms with van der Waals surface area (Å²) >= 11 is 2.01. The molecule has 58 valence electrons. The molecular weight excluding hydrogens is 144 g/mol. The number of aliphatic hydroxyl groups is 1. The van der Waals surface area contributed by atoms with Gasteiger partial charge in [-0.2, -0.15) is 11.8 Å². The maximum Gasteiger partial charge on any atom is 0.0612 e. The third-order valence-corrected chi connectivity index (χ3v) is 3.02. The van der Waals surface area contributed by atoms with Gasteiger partial charge in [-0.15, -0.1) is 0 Å². The van der Waals surface area contributed by atoms with Crippen LogP contribution in [0.25, 0.3) is 0 Å². The minimum atomic E-state index is 0.192. The Hall–Kier alpha value is 0.0500. The largest absolute Gasteiger partial charge is 0.392 e. The molecule has 0 spiro atoms. The lowest BCUT2D eigenvalue weighted by Gasteiger charge is -2.17. The van der Waals surface area contributed by atoms with Crippen LogP contribution in [0.15, 0.2) is 12.2 Å². The summed E-state index contributed by atoms with van der Waals surface area (Å²) in [4.78, 5) is 0. The highest BCUT2D eigenvalue weighted by Gasteiger charge is 2.09. The van der Waals surface area contributed by atoms with Gasteiger partial charge in [0.25, 0.3) is 0 Å². The lowest BCUT2D eigenvalue weighted by Crippen LogP contribution is -2.05. The molecule has 1 saturated heterocycles. The van der Waals surface area contributed by atoms with Crippen LogP contribution in [0.2, 0.25) is 0 Å². The van der Waals surface area contributed by atoms with Crippen LogP contribution in [0, 0.1) is 0 Å². The zero-order valence-electron chi connectivity index (χ0n) is 6.12. The normalized spacial score (nSPS) is 27.5. The van der Waals surface area contributed by atoms with Crippen molar-refractivity contribution in [3.63, 3.8) is 0 Å². The van der Waals surface area contributed by atoms with Crippen LogP contribution in [0.5, 0.6) is 0 Å². The number of hydrogen-bond donors (Lipinski definition) is 1. The van der Waals surface area contributed by atoms with E-state index in [0.29, 0.717) is 5.25 Å². The molecule has 0 aliphatic carbocycles. The second-order valence-electron chi connectivity index (χ2n) is 2.52. The fraction of sp³-hybridized carbons (Fsp3) is 0.750. The smallest absolute Gasteiger partial charge is 0.0612 e. The molecule has 1 aliphatic rings. The van der Waals surface area contributed by atoms with Gasteiger partial charge < -0.3 is 5.11 Å². The third kappa shape index (κ3) is 2.76. The first kappa shape index (κ1) is 8.15. The van der Waals surface area contributed by atoms with Gasteiger partial charge >= 0.3 is 0 Å². The summed E-state index contributed by atoms with van der Waals surface area (Å²) in [5, 5.41) is 9.18. The number of hydrogen-bond acceptors (Lipinski definition) is 2. The number of aliphatic hydroxyl groups excluding tert-OH is 1. The molecule has 1 heterocycles. The van der Waals surface area contributed by atoms with E-state index >= 15 is 0 Å². The van der Waals surface area contributed by atoms with Gasteiger partial charge in [0.2, 0.25) is 0 Å². The van der Waals surface area contributed by atoms with Gasteiger partial charge in [-0.3, -0.25) is 0 Å². The standard InChI is InChI=1S/C8H14OS/c9-6-3-5-8-4-1-2-7-10-8/h3,5,8-9H,1-2,4,6-7H2/b5-3-. The summed E-state index contributed by atoms with van der Waals surface area (Å²) in [6.07, 6.45) is 8.00. The van der Waals surface area contributed by atoms with Crippen molar-refractivity contribution in [3.8, 4) is 0 Å². The van der Waals surface area contributed by atoms with E-state index in [1.807, 2.05) is 17.8 Å². The predicted octanol–water partition coefficient (Wildman–Crippen LogP) is 1.82. The van der Waals surface area contributed by atoms with Gasteiger partial charge in [0.15, 0.2) is 0 Å². The first-order valence-electron chi connectivity index (χ1n) is 3.82. The van der Waals surface area contributed by atoms with E-state index in [9.17, 15) is 0 Å². The van der Waals surface area contributed by atoms with Crippen molar-refractivity contribution in [2.45, 2.75) is 24.5 Å². The lowest BCUT2D eigenvalue weighted by molar-refractivity contribution is 0.342. The molecule has 0 radical (unpaired) electrons. The lowest BCUT2D eigenvalue weighted by atomic mass is 10.2. The Balaban J connectivity index is 2.19. The van der Waals surface area contributed by atoms with Crippen molar-refractivity contribution in [3.05, 3.63) is 12.2 Å². The van der Waals surface area contributed by atoms with Gasteiger partial charge in [-0.1, -0.05) is 18.6 Å². The van der Waals surface area contributed by atoms with Crippen LogP contribution < -0.4 is 0 Å². The molecule has 0 aromatic carbocycles. The van der Waals surface area contributed by atoms with Crippen LogP contribution in [-0.2, 0) is 0 Å². The second-order valence-corrected chi connectivity index (χ2v) is 3.86. The van der Waals surface area contributed by atoms with Crippen LogP contribution >= 0.6 is 11.8 Å². The number of rotatable bonds is 2.